The lowest BCUT2D eigenvalue weighted by molar-refractivity contribution is -0.148. The minimum absolute atomic E-state index is 0.0485. The highest BCUT2D eigenvalue weighted by Crippen LogP contribution is 2.32. The summed E-state index contributed by atoms with van der Waals surface area (Å²) in [6.07, 6.45) is 0.862. The summed E-state index contributed by atoms with van der Waals surface area (Å²) in [6.45, 7) is 10.5. The molecular weight excluding hydrogens is 302 g/mol. The number of hydrogen-bond acceptors (Lipinski definition) is 3. The fourth-order valence-corrected chi connectivity index (χ4v) is 3.64. The third-order valence-electron chi connectivity index (χ3n) is 5.31. The molecule has 2 heterocycles. The van der Waals surface area contributed by atoms with Gasteiger partial charge in [0.2, 0.25) is 11.8 Å². The average Bonchev–Trinajstić information content (AvgIpc) is 3.04. The summed E-state index contributed by atoms with van der Waals surface area (Å²) in [5, 5.41) is 0. The second-order valence-corrected chi connectivity index (χ2v) is 7.19. The molecule has 5 nitrogen and oxygen atoms in total. The van der Waals surface area contributed by atoms with Crippen LogP contribution in [-0.4, -0.2) is 60.9 Å². The number of para-hydroxylation sites is 1. The highest BCUT2D eigenvalue weighted by atomic mass is 16.2. The molecule has 0 atom stereocenters. The molecule has 1 aromatic carbocycles. The minimum atomic E-state index is -1.02. The number of anilines is 1. The smallest absolute Gasteiger partial charge is 0.242 e. The molecule has 2 aliphatic heterocycles. The van der Waals surface area contributed by atoms with E-state index in [2.05, 4.69) is 17.9 Å². The third-order valence-corrected chi connectivity index (χ3v) is 5.31. The molecule has 0 saturated carbocycles. The van der Waals surface area contributed by atoms with E-state index in [9.17, 15) is 9.59 Å². The Bertz CT molecular complexity index is 633. The Labute approximate surface area is 144 Å². The van der Waals surface area contributed by atoms with E-state index in [0.29, 0.717) is 19.6 Å². The lowest BCUT2D eigenvalue weighted by Crippen LogP contribution is -2.55. The van der Waals surface area contributed by atoms with Gasteiger partial charge in [0.1, 0.15) is 5.41 Å². The molecule has 130 valence electrons. The number of nitrogens with zero attached hydrogens (tertiary/aromatic N) is 3. The van der Waals surface area contributed by atoms with E-state index in [0.717, 1.165) is 31.7 Å². The van der Waals surface area contributed by atoms with Crippen molar-refractivity contribution in [2.24, 2.45) is 5.41 Å². The van der Waals surface area contributed by atoms with Gasteiger partial charge in [-0.1, -0.05) is 25.1 Å². The van der Waals surface area contributed by atoms with Crippen molar-refractivity contribution in [3.63, 3.8) is 0 Å². The molecule has 2 aliphatic rings. The van der Waals surface area contributed by atoms with Crippen LogP contribution >= 0.6 is 0 Å². The number of piperazine rings is 1. The van der Waals surface area contributed by atoms with Crippen molar-refractivity contribution in [3.8, 4) is 0 Å². The van der Waals surface area contributed by atoms with E-state index in [1.54, 1.807) is 18.7 Å². The summed E-state index contributed by atoms with van der Waals surface area (Å²) in [5.41, 5.74) is 1.12. The summed E-state index contributed by atoms with van der Waals surface area (Å²) in [4.78, 5) is 32.1. The highest BCUT2D eigenvalue weighted by molar-refractivity contribution is 6.11. The van der Waals surface area contributed by atoms with Crippen LogP contribution in [0.1, 0.15) is 26.3 Å². The molecule has 24 heavy (non-hydrogen) atoms. The molecule has 0 aromatic heterocycles. The maximum Gasteiger partial charge on any atom is 0.242 e. The topological polar surface area (TPSA) is 43.9 Å². The first kappa shape index (κ1) is 17.0. The van der Waals surface area contributed by atoms with Crippen LogP contribution in [-0.2, 0) is 16.0 Å². The maximum absolute atomic E-state index is 13.1. The predicted molar refractivity (Wildman–Crippen MR) is 95.0 cm³/mol. The zero-order valence-electron chi connectivity index (χ0n) is 14.9. The monoisotopic (exact) mass is 329 g/mol. The summed E-state index contributed by atoms with van der Waals surface area (Å²) in [7, 11) is 0. The number of likely N-dealkylation sites (N-methyl/N-ethyl adjacent to an activating group) is 1. The Kier molecular flexibility index (Phi) is 4.63. The minimum Gasteiger partial charge on any atom is -0.339 e. The van der Waals surface area contributed by atoms with Crippen molar-refractivity contribution >= 4 is 17.5 Å². The number of benzene rings is 1. The Balaban J connectivity index is 1.73. The van der Waals surface area contributed by atoms with Crippen LogP contribution < -0.4 is 4.90 Å². The number of carbonyl (C=O) groups is 2. The van der Waals surface area contributed by atoms with Crippen LogP contribution in [0, 0.1) is 5.41 Å². The van der Waals surface area contributed by atoms with Gasteiger partial charge in [0.25, 0.3) is 0 Å². The molecule has 5 heteroatoms. The molecule has 1 saturated heterocycles. The average molecular weight is 329 g/mol. The Hall–Kier alpha value is -1.88. The molecule has 0 unspecified atom stereocenters. The zero-order chi connectivity index (χ0) is 17.3. The number of carbonyl (C=O) groups excluding carboxylic acids is 2. The van der Waals surface area contributed by atoms with E-state index in [-0.39, 0.29) is 11.8 Å². The van der Waals surface area contributed by atoms with Gasteiger partial charge in [0, 0.05) is 38.4 Å². The van der Waals surface area contributed by atoms with Gasteiger partial charge in [-0.15, -0.1) is 0 Å². The molecule has 0 spiro atoms. The van der Waals surface area contributed by atoms with E-state index in [1.807, 2.05) is 23.1 Å². The van der Waals surface area contributed by atoms with Crippen molar-refractivity contribution in [1.82, 2.24) is 9.80 Å². The van der Waals surface area contributed by atoms with Gasteiger partial charge in [0.15, 0.2) is 0 Å². The Morgan fingerprint density at radius 3 is 2.33 bits per heavy atom. The van der Waals surface area contributed by atoms with Crippen LogP contribution in [0.2, 0.25) is 0 Å². The van der Waals surface area contributed by atoms with Crippen LogP contribution in [0.5, 0.6) is 0 Å². The molecule has 0 bridgehead atoms. The van der Waals surface area contributed by atoms with Gasteiger partial charge in [-0.2, -0.15) is 0 Å². The van der Waals surface area contributed by atoms with Gasteiger partial charge >= 0.3 is 0 Å². The van der Waals surface area contributed by atoms with E-state index >= 15 is 0 Å². The van der Waals surface area contributed by atoms with Gasteiger partial charge in [0.05, 0.1) is 0 Å². The molecule has 1 aromatic rings. The predicted octanol–water partition coefficient (Wildman–Crippen LogP) is 1.77. The second kappa shape index (κ2) is 6.55. The fraction of sp³-hybridized carbons (Fsp3) is 0.579. The second-order valence-electron chi connectivity index (χ2n) is 7.19. The van der Waals surface area contributed by atoms with Crippen molar-refractivity contribution in [3.05, 3.63) is 29.8 Å². The van der Waals surface area contributed by atoms with Gasteiger partial charge in [-0.05, 0) is 38.4 Å². The Morgan fingerprint density at radius 1 is 1.00 bits per heavy atom. The van der Waals surface area contributed by atoms with Crippen molar-refractivity contribution in [2.75, 3.05) is 44.2 Å². The summed E-state index contributed by atoms with van der Waals surface area (Å²) in [6, 6.07) is 7.97. The van der Waals surface area contributed by atoms with Crippen LogP contribution in [0.3, 0.4) is 0 Å². The van der Waals surface area contributed by atoms with Crippen molar-refractivity contribution < 1.29 is 9.59 Å². The molecule has 0 N–H and O–H groups in total. The van der Waals surface area contributed by atoms with Crippen LogP contribution in [0.15, 0.2) is 24.3 Å². The first-order chi connectivity index (χ1) is 11.4. The van der Waals surface area contributed by atoms with Crippen molar-refractivity contribution in [1.29, 1.82) is 0 Å². The van der Waals surface area contributed by atoms with Gasteiger partial charge in [-0.3, -0.25) is 9.59 Å². The molecule has 2 amide bonds. The molecule has 1 fully saturated rings. The summed E-state index contributed by atoms with van der Waals surface area (Å²) in [5.74, 6) is -0.136. The van der Waals surface area contributed by atoms with Crippen LogP contribution in [0.25, 0.3) is 0 Å². The number of amides is 2. The fourth-order valence-electron chi connectivity index (χ4n) is 3.64. The SMILES string of the molecule is CCN1CCN(C(=O)C(C)(C)C(=O)N2CCc3ccccc32)CC1. The summed E-state index contributed by atoms with van der Waals surface area (Å²) >= 11 is 0. The molecule has 3 rings (SSSR count). The Morgan fingerprint density at radius 2 is 1.67 bits per heavy atom. The van der Waals surface area contributed by atoms with E-state index < -0.39 is 5.41 Å². The zero-order valence-corrected chi connectivity index (χ0v) is 14.9. The first-order valence-corrected chi connectivity index (χ1v) is 8.86. The first-order valence-electron chi connectivity index (χ1n) is 8.86. The normalized spacial score (nSPS) is 18.6. The number of hydrogen-bond donors (Lipinski definition) is 0. The van der Waals surface area contributed by atoms with E-state index in [4.69, 9.17) is 0 Å². The number of rotatable bonds is 3. The van der Waals surface area contributed by atoms with Crippen LogP contribution in [0.4, 0.5) is 5.69 Å². The quantitative estimate of drug-likeness (QED) is 0.794. The van der Waals surface area contributed by atoms with Gasteiger partial charge < -0.3 is 14.7 Å². The third kappa shape index (κ3) is 2.93. The summed E-state index contributed by atoms with van der Waals surface area (Å²) < 4.78 is 0. The lowest BCUT2D eigenvalue weighted by atomic mass is 9.89. The van der Waals surface area contributed by atoms with E-state index in [1.165, 1.54) is 5.56 Å². The highest BCUT2D eigenvalue weighted by Gasteiger charge is 2.43. The largest absolute Gasteiger partial charge is 0.339 e. The van der Waals surface area contributed by atoms with Crippen molar-refractivity contribution in [2.45, 2.75) is 27.2 Å². The molecule has 0 radical (unpaired) electrons. The lowest BCUT2D eigenvalue weighted by Gasteiger charge is -2.38. The number of fused-ring (bicyclic) bond motifs is 1. The molecular formula is C19H27N3O2. The molecule has 0 aliphatic carbocycles. The standard InChI is InChI=1S/C19H27N3O2/c1-4-20-11-13-21(14-12-20)17(23)19(2,3)18(24)22-10-9-15-7-5-6-8-16(15)22/h5-8H,4,9-14H2,1-3H3. The maximum atomic E-state index is 13.1. The van der Waals surface area contributed by atoms with Gasteiger partial charge in [-0.25, -0.2) is 0 Å².